The van der Waals surface area contributed by atoms with E-state index in [1.165, 1.54) is 24.6 Å². The lowest BCUT2D eigenvalue weighted by molar-refractivity contribution is 0.0950. The van der Waals surface area contributed by atoms with E-state index < -0.39 is 5.91 Å². The summed E-state index contributed by atoms with van der Waals surface area (Å²) < 4.78 is 17.9. The van der Waals surface area contributed by atoms with Crippen LogP contribution < -0.4 is 5.43 Å². The van der Waals surface area contributed by atoms with Crippen molar-refractivity contribution in [3.63, 3.8) is 0 Å². The van der Waals surface area contributed by atoms with Crippen LogP contribution in [0.3, 0.4) is 0 Å². The standard InChI is InChI=1S/C15H11FN4O2/c16-11-5-3-10(4-6-11)13-8-14(19-18-13)15(21)20-17-9-12-2-1-7-22-12/h1-9H,(H,18,19)(H,20,21)/b17-9-. The Labute approximate surface area is 124 Å². The topological polar surface area (TPSA) is 83.3 Å². The number of rotatable bonds is 4. The highest BCUT2D eigenvalue weighted by Gasteiger charge is 2.10. The maximum atomic E-state index is 12.9. The fraction of sp³-hybridized carbons (Fsp3) is 0. The molecule has 2 N–H and O–H groups in total. The highest BCUT2D eigenvalue weighted by atomic mass is 19.1. The molecule has 3 rings (SSSR count). The van der Waals surface area contributed by atoms with Crippen molar-refractivity contribution in [2.24, 2.45) is 5.10 Å². The lowest BCUT2D eigenvalue weighted by Crippen LogP contribution is -2.17. The molecule has 2 heterocycles. The van der Waals surface area contributed by atoms with E-state index in [4.69, 9.17) is 4.42 Å². The van der Waals surface area contributed by atoms with E-state index in [1.54, 1.807) is 30.3 Å². The highest BCUT2D eigenvalue weighted by molar-refractivity contribution is 5.93. The van der Waals surface area contributed by atoms with Gasteiger partial charge in [0.15, 0.2) is 0 Å². The van der Waals surface area contributed by atoms with Crippen LogP contribution in [0, 0.1) is 5.82 Å². The smallest absolute Gasteiger partial charge is 0.289 e. The second kappa shape index (κ2) is 6.04. The number of benzene rings is 1. The first-order chi connectivity index (χ1) is 10.7. The van der Waals surface area contributed by atoms with Gasteiger partial charge in [-0.3, -0.25) is 9.89 Å². The summed E-state index contributed by atoms with van der Waals surface area (Å²) in [5.74, 6) is -0.245. The zero-order valence-electron chi connectivity index (χ0n) is 11.3. The van der Waals surface area contributed by atoms with Gasteiger partial charge in [0, 0.05) is 5.56 Å². The number of carbonyl (C=O) groups is 1. The fourth-order valence-corrected chi connectivity index (χ4v) is 1.79. The maximum Gasteiger partial charge on any atom is 0.289 e. The molecule has 0 bridgehead atoms. The van der Waals surface area contributed by atoms with E-state index >= 15 is 0 Å². The van der Waals surface area contributed by atoms with Crippen LogP contribution in [0.2, 0.25) is 0 Å². The minimum Gasteiger partial charge on any atom is -0.463 e. The number of hydrogen-bond donors (Lipinski definition) is 2. The van der Waals surface area contributed by atoms with Crippen molar-refractivity contribution in [3.05, 3.63) is 66.0 Å². The van der Waals surface area contributed by atoms with Crippen molar-refractivity contribution in [1.82, 2.24) is 15.6 Å². The van der Waals surface area contributed by atoms with Crippen LogP contribution in [0.25, 0.3) is 11.3 Å². The lowest BCUT2D eigenvalue weighted by atomic mass is 10.1. The van der Waals surface area contributed by atoms with Crippen molar-refractivity contribution in [3.8, 4) is 11.3 Å². The summed E-state index contributed by atoms with van der Waals surface area (Å²) in [5, 5.41) is 10.4. The van der Waals surface area contributed by atoms with E-state index in [0.29, 0.717) is 17.0 Å². The molecule has 0 unspecified atom stereocenters. The van der Waals surface area contributed by atoms with Gasteiger partial charge in [-0.1, -0.05) is 0 Å². The monoisotopic (exact) mass is 298 g/mol. The molecule has 0 aliphatic heterocycles. The molecule has 110 valence electrons. The van der Waals surface area contributed by atoms with Gasteiger partial charge in [0.05, 0.1) is 18.2 Å². The van der Waals surface area contributed by atoms with Gasteiger partial charge in [-0.15, -0.1) is 0 Å². The SMILES string of the molecule is O=C(N/N=C\c1ccco1)c1cc(-c2ccc(F)cc2)n[nH]1. The molecule has 1 aromatic carbocycles. The Morgan fingerprint density at radius 3 is 2.86 bits per heavy atom. The number of H-pyrrole nitrogens is 1. The second-order valence-electron chi connectivity index (χ2n) is 4.39. The van der Waals surface area contributed by atoms with Crippen molar-refractivity contribution in [2.45, 2.75) is 0 Å². The van der Waals surface area contributed by atoms with Gasteiger partial charge in [0.25, 0.3) is 5.91 Å². The number of aromatic nitrogens is 2. The summed E-state index contributed by atoms with van der Waals surface area (Å²) in [5.41, 5.74) is 3.84. The van der Waals surface area contributed by atoms with Gasteiger partial charge in [-0.2, -0.15) is 10.2 Å². The highest BCUT2D eigenvalue weighted by Crippen LogP contribution is 2.17. The summed E-state index contributed by atoms with van der Waals surface area (Å²) in [4.78, 5) is 11.9. The Bertz CT molecular complexity index is 791. The number of furan rings is 1. The second-order valence-corrected chi connectivity index (χ2v) is 4.39. The zero-order chi connectivity index (χ0) is 15.4. The third kappa shape index (κ3) is 3.09. The number of hydrogen-bond acceptors (Lipinski definition) is 4. The van der Waals surface area contributed by atoms with Crippen molar-refractivity contribution in [1.29, 1.82) is 0 Å². The predicted octanol–water partition coefficient (Wildman–Crippen LogP) is 2.57. The maximum absolute atomic E-state index is 12.9. The Morgan fingerprint density at radius 1 is 1.32 bits per heavy atom. The van der Waals surface area contributed by atoms with Gasteiger partial charge in [0.1, 0.15) is 17.3 Å². The normalized spacial score (nSPS) is 11.0. The Kier molecular flexibility index (Phi) is 3.78. The van der Waals surface area contributed by atoms with Crippen molar-refractivity contribution >= 4 is 12.1 Å². The molecule has 0 aliphatic carbocycles. The summed E-state index contributed by atoms with van der Waals surface area (Å²) in [6.45, 7) is 0. The molecule has 1 amide bonds. The molecule has 0 aliphatic rings. The first-order valence-electron chi connectivity index (χ1n) is 6.40. The van der Waals surface area contributed by atoms with E-state index in [9.17, 15) is 9.18 Å². The minimum atomic E-state index is -0.441. The molecular formula is C15H11FN4O2. The number of halogens is 1. The van der Waals surface area contributed by atoms with Crippen LogP contribution in [0.5, 0.6) is 0 Å². The Balaban J connectivity index is 1.68. The molecule has 6 nitrogen and oxygen atoms in total. The summed E-state index contributed by atoms with van der Waals surface area (Å²) >= 11 is 0. The van der Waals surface area contributed by atoms with E-state index in [2.05, 4.69) is 20.7 Å². The Hall–Kier alpha value is -3.22. The average molecular weight is 298 g/mol. The van der Waals surface area contributed by atoms with Crippen LogP contribution in [-0.4, -0.2) is 22.3 Å². The third-order valence-electron chi connectivity index (χ3n) is 2.86. The van der Waals surface area contributed by atoms with Crippen LogP contribution in [0.4, 0.5) is 4.39 Å². The van der Waals surface area contributed by atoms with Gasteiger partial charge in [-0.05, 0) is 42.5 Å². The van der Waals surface area contributed by atoms with E-state index in [1.807, 2.05) is 0 Å². The summed E-state index contributed by atoms with van der Waals surface area (Å²) in [7, 11) is 0. The molecular weight excluding hydrogens is 287 g/mol. The number of nitrogens with one attached hydrogen (secondary N) is 2. The molecule has 0 atom stereocenters. The molecule has 0 saturated heterocycles. The number of amides is 1. The molecule has 0 spiro atoms. The van der Waals surface area contributed by atoms with Gasteiger partial charge >= 0.3 is 0 Å². The van der Waals surface area contributed by atoms with Crippen LogP contribution >= 0.6 is 0 Å². The van der Waals surface area contributed by atoms with Gasteiger partial charge in [0.2, 0.25) is 0 Å². The molecule has 0 saturated carbocycles. The molecule has 2 aromatic heterocycles. The van der Waals surface area contributed by atoms with E-state index in [-0.39, 0.29) is 11.5 Å². The molecule has 0 radical (unpaired) electrons. The summed E-state index contributed by atoms with van der Waals surface area (Å²) in [6, 6.07) is 10.8. The Morgan fingerprint density at radius 2 is 2.14 bits per heavy atom. The largest absolute Gasteiger partial charge is 0.463 e. The van der Waals surface area contributed by atoms with Crippen LogP contribution in [0.1, 0.15) is 16.2 Å². The third-order valence-corrected chi connectivity index (χ3v) is 2.86. The van der Waals surface area contributed by atoms with Crippen LogP contribution in [0.15, 0.2) is 58.2 Å². The van der Waals surface area contributed by atoms with Gasteiger partial charge < -0.3 is 4.42 Å². The predicted molar refractivity (Wildman–Crippen MR) is 77.7 cm³/mol. The average Bonchev–Trinajstić information content (AvgIpc) is 3.19. The molecule has 0 fully saturated rings. The van der Waals surface area contributed by atoms with E-state index in [0.717, 1.165) is 0 Å². The number of carbonyl (C=O) groups excluding carboxylic acids is 1. The first kappa shape index (κ1) is 13.7. The zero-order valence-corrected chi connectivity index (χ0v) is 11.3. The molecule has 7 heteroatoms. The lowest BCUT2D eigenvalue weighted by Gasteiger charge is -1.95. The quantitative estimate of drug-likeness (QED) is 0.573. The van der Waals surface area contributed by atoms with Crippen LogP contribution in [-0.2, 0) is 0 Å². The first-order valence-corrected chi connectivity index (χ1v) is 6.40. The van der Waals surface area contributed by atoms with Crippen molar-refractivity contribution < 1.29 is 13.6 Å². The molecule has 22 heavy (non-hydrogen) atoms. The minimum absolute atomic E-state index is 0.246. The number of nitrogens with zero attached hydrogens (tertiary/aromatic N) is 2. The number of aromatic amines is 1. The van der Waals surface area contributed by atoms with Gasteiger partial charge in [-0.25, -0.2) is 9.82 Å². The van der Waals surface area contributed by atoms with Crippen molar-refractivity contribution in [2.75, 3.05) is 0 Å². The summed E-state index contributed by atoms with van der Waals surface area (Å²) in [6.07, 6.45) is 2.89. The fourth-order valence-electron chi connectivity index (χ4n) is 1.79. The molecule has 3 aromatic rings. The number of hydrazone groups is 1.